The number of aromatic nitrogens is 2. The van der Waals surface area contributed by atoms with E-state index < -0.39 is 0 Å². The van der Waals surface area contributed by atoms with Gasteiger partial charge in [0.05, 0.1) is 39.6 Å². The molecule has 12 aromatic carbocycles. The first-order valence-electron chi connectivity index (χ1n) is 30.1. The lowest BCUT2D eigenvalue weighted by molar-refractivity contribution is 0.344. The molecule has 0 amide bonds. The molecule has 6 bridgehead atoms. The Hall–Kier alpha value is -9.58. The second-order valence-corrected chi connectivity index (χ2v) is 26.4. The van der Waals surface area contributed by atoms with Gasteiger partial charge in [-0.05, 0) is 272 Å². The van der Waals surface area contributed by atoms with E-state index in [1.165, 1.54) is 77.9 Å². The quantitative estimate of drug-likeness (QED) is 0.139. The molecule has 2 N–H and O–H groups in total. The molecule has 4 aliphatic heterocycles. The van der Waals surface area contributed by atoms with E-state index in [-0.39, 0.29) is 5.41 Å². The number of benzene rings is 10. The van der Waals surface area contributed by atoms with Crippen LogP contribution in [0.25, 0.3) is 109 Å². The molecule has 83 heavy (non-hydrogen) atoms. The van der Waals surface area contributed by atoms with E-state index in [1.807, 2.05) is 12.1 Å². The van der Waals surface area contributed by atoms with Crippen LogP contribution in [0.1, 0.15) is 103 Å². The number of aryl methyl sites for hydroxylation is 3. The van der Waals surface area contributed by atoms with Gasteiger partial charge in [-0.2, -0.15) is 0 Å². The van der Waals surface area contributed by atoms with Crippen molar-refractivity contribution in [1.82, 2.24) is 9.13 Å². The van der Waals surface area contributed by atoms with Crippen LogP contribution in [0.3, 0.4) is 0 Å². The highest BCUT2D eigenvalue weighted by atomic mass is 15.2. The first-order valence-corrected chi connectivity index (χ1v) is 30.1. The number of aliphatic imine (C=N–C) groups is 2. The molecular formula is C78H51N5. The van der Waals surface area contributed by atoms with Gasteiger partial charge in [-0.3, -0.25) is 0 Å². The molecule has 1 fully saturated rings. The van der Waals surface area contributed by atoms with E-state index in [2.05, 4.69) is 182 Å². The van der Waals surface area contributed by atoms with Crippen LogP contribution in [0.15, 0.2) is 173 Å². The Morgan fingerprint density at radius 3 is 1.87 bits per heavy atom. The zero-order valence-corrected chi connectivity index (χ0v) is 46.4. The van der Waals surface area contributed by atoms with Gasteiger partial charge in [0.15, 0.2) is 0 Å². The van der Waals surface area contributed by atoms with E-state index >= 15 is 0 Å². The first-order chi connectivity index (χ1) is 40.7. The summed E-state index contributed by atoms with van der Waals surface area (Å²) in [4.78, 5) is 11.2. The van der Waals surface area contributed by atoms with Crippen LogP contribution in [0.4, 0.5) is 5.69 Å². The Labute approximate surface area is 477 Å². The Bertz CT molecular complexity index is 5810. The number of rotatable bonds is 4. The minimum Gasteiger partial charge on any atom is -0.399 e. The lowest BCUT2D eigenvalue weighted by atomic mass is 9.59. The predicted molar refractivity (Wildman–Crippen MR) is 344 cm³/mol. The molecule has 4 unspecified atom stereocenters. The van der Waals surface area contributed by atoms with Crippen LogP contribution < -0.4 is 16.4 Å². The molecular weight excluding hydrogens is 1010 g/mol. The van der Waals surface area contributed by atoms with Crippen molar-refractivity contribution < 1.29 is 0 Å². The maximum atomic E-state index is 6.42. The van der Waals surface area contributed by atoms with Gasteiger partial charge in [0.1, 0.15) is 6.67 Å². The highest BCUT2D eigenvalue weighted by molar-refractivity contribution is 6.57. The van der Waals surface area contributed by atoms with E-state index in [4.69, 9.17) is 15.7 Å². The molecule has 4 atom stereocenters. The molecule has 0 radical (unpaired) electrons. The van der Waals surface area contributed by atoms with E-state index in [1.54, 1.807) is 75.9 Å². The molecule has 5 nitrogen and oxygen atoms in total. The van der Waals surface area contributed by atoms with Crippen LogP contribution in [-0.2, 0) is 24.9 Å². The van der Waals surface area contributed by atoms with Crippen LogP contribution in [-0.4, -0.2) is 20.6 Å². The molecule has 5 heteroatoms. The molecule has 8 aliphatic rings. The number of anilines is 1. The smallest absolute Gasteiger partial charge is 0.100 e. The second kappa shape index (κ2) is 13.8. The Morgan fingerprint density at radius 1 is 0.530 bits per heavy atom. The molecule has 6 heterocycles. The normalized spacial score (nSPS) is 21.5. The number of hydrogen-bond acceptors (Lipinski definition) is 3. The van der Waals surface area contributed by atoms with Crippen molar-refractivity contribution >= 4 is 126 Å². The average molecular weight is 1060 g/mol. The van der Waals surface area contributed by atoms with Crippen molar-refractivity contribution in [2.45, 2.75) is 70.9 Å². The third-order valence-electron chi connectivity index (χ3n) is 22.4. The summed E-state index contributed by atoms with van der Waals surface area (Å²) in [6, 6.07) is 50.1. The highest BCUT2D eigenvalue weighted by Gasteiger charge is 2.61. The fourth-order valence-corrected chi connectivity index (χ4v) is 19.9. The van der Waals surface area contributed by atoms with Gasteiger partial charge in [-0.1, -0.05) is 103 Å². The van der Waals surface area contributed by atoms with Gasteiger partial charge < -0.3 is 14.9 Å². The summed E-state index contributed by atoms with van der Waals surface area (Å²) in [5, 5.41) is 26.9. The number of nitrogens with zero attached hydrogens (tertiary/aromatic N) is 4. The number of fused-ring (bicyclic) bond motifs is 3. The molecule has 22 rings (SSSR count). The zero-order chi connectivity index (χ0) is 54.1. The van der Waals surface area contributed by atoms with Crippen LogP contribution in [0, 0.1) is 26.7 Å². The van der Waals surface area contributed by atoms with Crippen molar-refractivity contribution in [3.8, 4) is 0 Å². The van der Waals surface area contributed by atoms with E-state index in [0.29, 0.717) is 24.4 Å². The Morgan fingerprint density at radius 2 is 1.14 bits per heavy atom. The molecule has 2 aromatic heterocycles. The van der Waals surface area contributed by atoms with Gasteiger partial charge in [-0.15, -0.1) is 0 Å². The fourth-order valence-electron chi connectivity index (χ4n) is 19.9. The third kappa shape index (κ3) is 4.73. The minimum atomic E-state index is -0.0763. The second-order valence-electron chi connectivity index (χ2n) is 26.4. The standard InChI is InChI=1S/C78H51N5/c1-35-25-36(2)59(37(3)26-35)69-55-21-20-54(81-55)61(40-11-14-48(79)15-12-40)57-24-23-56-60(53-19-16-49(80-53)32-50-17-22-58(69)82(50)34-83(56)57)39-5-7-41(8-6-39)76-38(4)27-52-51-18-13-44-29-46-31-45-28-42-9-10-43-30-47-33-78(52,76)77-67(47)72-63(43)62(42)70-65(45)66(46)71-64(44)68(51)75(77)74(71)73(70)72/h5-26,28-30,32,38,52,76H,27,31,33-34,79H2,1-4H3. The summed E-state index contributed by atoms with van der Waals surface area (Å²) in [6.07, 6.45) is 14.5. The maximum absolute atomic E-state index is 6.42. The molecule has 1 saturated carbocycles. The number of nitrogen functional groups attached to an aromatic ring is 1. The van der Waals surface area contributed by atoms with Crippen LogP contribution in [0.2, 0.25) is 0 Å². The molecule has 0 saturated heterocycles. The summed E-state index contributed by atoms with van der Waals surface area (Å²) in [5.41, 5.74) is 33.1. The SMILES string of the molecule is Cc1cc(C)c(C2=c3ccc4n3Cn3c(ccc3C(c3ccc(N)cc3)=C3C=CC2=N3)C(c2ccc(C3C(C)CC5c6ccc7cc8c9c%10c(cc%11ccc%12cc%13c%14c(c%15c6c7c9c%15c6c%14c%12c%11c%106)C53C%13)C8)cc2)=C2C=CC(=N2)C=4)c(C)c1. The topological polar surface area (TPSA) is 60.6 Å². The monoisotopic (exact) mass is 1060 g/mol. The predicted octanol–water partition coefficient (Wildman–Crippen LogP) is 15.9. The highest BCUT2D eigenvalue weighted by Crippen LogP contribution is 2.74. The summed E-state index contributed by atoms with van der Waals surface area (Å²) >= 11 is 0. The maximum Gasteiger partial charge on any atom is 0.100 e. The lowest BCUT2D eigenvalue weighted by Gasteiger charge is -2.43. The summed E-state index contributed by atoms with van der Waals surface area (Å²) in [6.45, 7) is 9.87. The third-order valence-corrected chi connectivity index (χ3v) is 22.4. The van der Waals surface area contributed by atoms with Crippen molar-refractivity contribution in [2.24, 2.45) is 15.9 Å². The van der Waals surface area contributed by atoms with Gasteiger partial charge >= 0.3 is 0 Å². The number of hydrogen-bond donors (Lipinski definition) is 1. The van der Waals surface area contributed by atoms with Crippen LogP contribution in [0.5, 0.6) is 0 Å². The van der Waals surface area contributed by atoms with Gasteiger partial charge in [0.25, 0.3) is 0 Å². The van der Waals surface area contributed by atoms with Gasteiger partial charge in [0, 0.05) is 33.2 Å². The number of nitrogens with two attached hydrogens (primary N) is 1. The van der Waals surface area contributed by atoms with Crippen molar-refractivity contribution in [1.29, 1.82) is 0 Å². The number of allylic oxidation sites excluding steroid dienone is 4. The van der Waals surface area contributed by atoms with Crippen molar-refractivity contribution in [3.05, 3.63) is 252 Å². The summed E-state index contributed by atoms with van der Waals surface area (Å²) in [7, 11) is 0. The molecule has 1 spiro atoms. The largest absolute Gasteiger partial charge is 0.399 e. The lowest BCUT2D eigenvalue weighted by Crippen LogP contribution is -2.37. The van der Waals surface area contributed by atoms with Crippen molar-refractivity contribution in [2.75, 3.05) is 5.73 Å². The molecule has 388 valence electrons. The minimum absolute atomic E-state index is 0.0763. The van der Waals surface area contributed by atoms with Gasteiger partial charge in [0.2, 0.25) is 0 Å². The summed E-state index contributed by atoms with van der Waals surface area (Å²) in [5.74, 6) is 1.21. The molecule has 14 aromatic rings. The van der Waals surface area contributed by atoms with E-state index in [9.17, 15) is 0 Å². The zero-order valence-electron chi connectivity index (χ0n) is 46.4. The Kier molecular flexibility index (Phi) is 7.20. The van der Waals surface area contributed by atoms with Crippen LogP contribution >= 0.6 is 0 Å². The van der Waals surface area contributed by atoms with Gasteiger partial charge in [-0.25, -0.2) is 9.98 Å². The average Bonchev–Trinajstić information content (AvgIpc) is 1.52. The Balaban J connectivity index is 0.771. The van der Waals surface area contributed by atoms with E-state index in [0.717, 1.165) is 85.7 Å². The fraction of sp³-hybridized carbons (Fsp3) is 0.154. The molecule has 4 aliphatic carbocycles. The van der Waals surface area contributed by atoms with Crippen molar-refractivity contribution in [3.63, 3.8) is 0 Å². The summed E-state index contributed by atoms with van der Waals surface area (Å²) < 4.78 is 5.04. The first kappa shape index (κ1) is 43.2.